The topological polar surface area (TPSA) is 43.4 Å². The van der Waals surface area contributed by atoms with Crippen LogP contribution in [-0.2, 0) is 14.3 Å². The molecule has 0 aliphatic heterocycles. The molecular formula is C13H20O3. The van der Waals surface area contributed by atoms with Crippen molar-refractivity contribution in [1.29, 1.82) is 0 Å². The highest BCUT2D eigenvalue weighted by Gasteiger charge is 1.97. The molecule has 0 amide bonds. The summed E-state index contributed by atoms with van der Waals surface area (Å²) in [4.78, 5) is 20.8. The average molecular weight is 224 g/mol. The van der Waals surface area contributed by atoms with Gasteiger partial charge in [-0.05, 0) is 38.7 Å². The standard InChI is InChI=1S/C13H20O3/c1-12(8-4-3-7-11-14)9-5-6-10-13(15)16-2/h3,7,9,11H,4-6,8,10H2,1-2H3/b7-3+,12-9+. The van der Waals surface area contributed by atoms with E-state index in [4.69, 9.17) is 0 Å². The number of methoxy groups -OCH3 is 1. The number of allylic oxidation sites excluding steroid dienone is 4. The first-order valence-corrected chi connectivity index (χ1v) is 5.53. The lowest BCUT2D eigenvalue weighted by molar-refractivity contribution is -0.140. The maximum absolute atomic E-state index is 10.8. The number of rotatable bonds is 8. The highest BCUT2D eigenvalue weighted by Crippen LogP contribution is 2.08. The van der Waals surface area contributed by atoms with Crippen LogP contribution in [0.1, 0.15) is 39.0 Å². The predicted molar refractivity (Wildman–Crippen MR) is 64.1 cm³/mol. The van der Waals surface area contributed by atoms with Gasteiger partial charge in [-0.3, -0.25) is 9.59 Å². The number of aldehydes is 1. The Hall–Kier alpha value is -1.38. The van der Waals surface area contributed by atoms with Crippen LogP contribution in [0.3, 0.4) is 0 Å². The third kappa shape index (κ3) is 9.19. The maximum atomic E-state index is 10.8. The molecule has 0 rings (SSSR count). The summed E-state index contributed by atoms with van der Waals surface area (Å²) < 4.78 is 4.55. The van der Waals surface area contributed by atoms with Crippen molar-refractivity contribution in [2.24, 2.45) is 0 Å². The summed E-state index contributed by atoms with van der Waals surface area (Å²) in [7, 11) is 1.41. The van der Waals surface area contributed by atoms with Crippen molar-refractivity contribution in [1.82, 2.24) is 0 Å². The molecule has 0 radical (unpaired) electrons. The molecule has 0 aliphatic carbocycles. The fourth-order valence-electron chi connectivity index (χ4n) is 1.26. The number of esters is 1. The van der Waals surface area contributed by atoms with Crippen LogP contribution in [0.2, 0.25) is 0 Å². The fourth-order valence-corrected chi connectivity index (χ4v) is 1.26. The van der Waals surface area contributed by atoms with Crippen molar-refractivity contribution in [2.45, 2.75) is 39.0 Å². The van der Waals surface area contributed by atoms with Crippen LogP contribution in [0.15, 0.2) is 23.8 Å². The van der Waals surface area contributed by atoms with Crippen molar-refractivity contribution >= 4 is 12.3 Å². The number of hydrogen-bond acceptors (Lipinski definition) is 3. The summed E-state index contributed by atoms with van der Waals surface area (Å²) in [5.41, 5.74) is 1.29. The first kappa shape index (κ1) is 14.6. The van der Waals surface area contributed by atoms with Gasteiger partial charge in [0.05, 0.1) is 7.11 Å². The molecule has 16 heavy (non-hydrogen) atoms. The van der Waals surface area contributed by atoms with Gasteiger partial charge in [-0.1, -0.05) is 17.7 Å². The Morgan fingerprint density at radius 3 is 2.62 bits per heavy atom. The van der Waals surface area contributed by atoms with E-state index in [0.717, 1.165) is 32.0 Å². The molecule has 0 fully saturated rings. The summed E-state index contributed by atoms with van der Waals surface area (Å²) in [6.45, 7) is 2.06. The second-order valence-corrected chi connectivity index (χ2v) is 3.62. The summed E-state index contributed by atoms with van der Waals surface area (Å²) in [5, 5.41) is 0. The summed E-state index contributed by atoms with van der Waals surface area (Å²) in [6.07, 6.45) is 10.4. The number of unbranched alkanes of at least 4 members (excludes halogenated alkanes) is 1. The normalized spacial score (nSPS) is 11.8. The third-order valence-electron chi connectivity index (χ3n) is 2.23. The molecule has 0 unspecified atom stereocenters. The van der Waals surface area contributed by atoms with E-state index in [1.807, 2.05) is 6.08 Å². The third-order valence-corrected chi connectivity index (χ3v) is 2.23. The van der Waals surface area contributed by atoms with E-state index in [2.05, 4.69) is 17.7 Å². The molecule has 0 atom stereocenters. The lowest BCUT2D eigenvalue weighted by Gasteiger charge is -1.99. The van der Waals surface area contributed by atoms with E-state index in [0.29, 0.717) is 6.42 Å². The number of hydrogen-bond donors (Lipinski definition) is 0. The number of carbonyl (C=O) groups is 2. The van der Waals surface area contributed by atoms with E-state index >= 15 is 0 Å². The lowest BCUT2D eigenvalue weighted by atomic mass is 10.1. The Balaban J connectivity index is 3.58. The first-order chi connectivity index (χ1) is 7.70. The molecule has 3 nitrogen and oxygen atoms in total. The van der Waals surface area contributed by atoms with E-state index in [-0.39, 0.29) is 5.97 Å². The Bertz CT molecular complexity index is 264. The van der Waals surface area contributed by atoms with Crippen LogP contribution >= 0.6 is 0 Å². The van der Waals surface area contributed by atoms with Crippen molar-refractivity contribution in [3.63, 3.8) is 0 Å². The van der Waals surface area contributed by atoms with E-state index in [1.54, 1.807) is 0 Å². The summed E-state index contributed by atoms with van der Waals surface area (Å²) in [6, 6.07) is 0. The van der Waals surface area contributed by atoms with E-state index in [1.165, 1.54) is 18.8 Å². The Kier molecular flexibility index (Phi) is 9.27. The van der Waals surface area contributed by atoms with Gasteiger partial charge in [0, 0.05) is 6.42 Å². The Morgan fingerprint density at radius 2 is 2.00 bits per heavy atom. The maximum Gasteiger partial charge on any atom is 0.305 e. The van der Waals surface area contributed by atoms with Gasteiger partial charge < -0.3 is 4.74 Å². The van der Waals surface area contributed by atoms with Gasteiger partial charge in [0.1, 0.15) is 6.29 Å². The fraction of sp³-hybridized carbons (Fsp3) is 0.538. The SMILES string of the molecule is COC(=O)CCC/C=C(\C)CC/C=C/C=O. The van der Waals surface area contributed by atoms with Crippen molar-refractivity contribution in [2.75, 3.05) is 7.11 Å². The van der Waals surface area contributed by atoms with E-state index in [9.17, 15) is 9.59 Å². The number of carbonyl (C=O) groups excluding carboxylic acids is 2. The van der Waals surface area contributed by atoms with Gasteiger partial charge in [0.15, 0.2) is 0 Å². The Labute approximate surface area is 97.2 Å². The van der Waals surface area contributed by atoms with Crippen LogP contribution in [-0.4, -0.2) is 19.4 Å². The average Bonchev–Trinajstić information content (AvgIpc) is 2.30. The molecule has 0 N–H and O–H groups in total. The van der Waals surface area contributed by atoms with Gasteiger partial charge in [0.2, 0.25) is 0 Å². The first-order valence-electron chi connectivity index (χ1n) is 5.53. The Morgan fingerprint density at radius 1 is 1.25 bits per heavy atom. The quantitative estimate of drug-likeness (QED) is 0.209. The van der Waals surface area contributed by atoms with Gasteiger partial charge in [-0.15, -0.1) is 0 Å². The minimum atomic E-state index is -0.153. The van der Waals surface area contributed by atoms with Gasteiger partial charge >= 0.3 is 5.97 Å². The van der Waals surface area contributed by atoms with Crippen molar-refractivity contribution < 1.29 is 14.3 Å². The second-order valence-electron chi connectivity index (χ2n) is 3.62. The van der Waals surface area contributed by atoms with Crippen LogP contribution in [0.5, 0.6) is 0 Å². The second kappa shape index (κ2) is 10.1. The smallest absolute Gasteiger partial charge is 0.305 e. The zero-order valence-corrected chi connectivity index (χ0v) is 10.1. The molecular weight excluding hydrogens is 204 g/mol. The van der Waals surface area contributed by atoms with Gasteiger partial charge in [0.25, 0.3) is 0 Å². The largest absolute Gasteiger partial charge is 0.469 e. The zero-order chi connectivity index (χ0) is 12.2. The molecule has 0 bridgehead atoms. The van der Waals surface area contributed by atoms with Crippen LogP contribution < -0.4 is 0 Å². The van der Waals surface area contributed by atoms with Crippen molar-refractivity contribution in [3.8, 4) is 0 Å². The minimum absolute atomic E-state index is 0.153. The molecule has 0 saturated heterocycles. The van der Waals surface area contributed by atoms with Gasteiger partial charge in [-0.2, -0.15) is 0 Å². The summed E-state index contributed by atoms with van der Waals surface area (Å²) in [5.74, 6) is -0.153. The van der Waals surface area contributed by atoms with E-state index < -0.39 is 0 Å². The molecule has 0 aromatic heterocycles. The lowest BCUT2D eigenvalue weighted by Crippen LogP contribution is -1.98. The summed E-state index contributed by atoms with van der Waals surface area (Å²) >= 11 is 0. The monoisotopic (exact) mass is 224 g/mol. The molecule has 0 aromatic carbocycles. The molecule has 0 heterocycles. The molecule has 0 aliphatic rings. The molecule has 90 valence electrons. The molecule has 0 saturated carbocycles. The minimum Gasteiger partial charge on any atom is -0.469 e. The highest BCUT2D eigenvalue weighted by atomic mass is 16.5. The zero-order valence-electron chi connectivity index (χ0n) is 10.1. The molecule has 3 heteroatoms. The highest BCUT2D eigenvalue weighted by molar-refractivity contribution is 5.69. The van der Waals surface area contributed by atoms with Crippen LogP contribution in [0, 0.1) is 0 Å². The number of ether oxygens (including phenoxy) is 1. The van der Waals surface area contributed by atoms with Crippen LogP contribution in [0.25, 0.3) is 0 Å². The molecule has 0 aromatic rings. The van der Waals surface area contributed by atoms with Crippen LogP contribution in [0.4, 0.5) is 0 Å². The molecule has 0 spiro atoms. The van der Waals surface area contributed by atoms with Crippen molar-refractivity contribution in [3.05, 3.63) is 23.8 Å². The van der Waals surface area contributed by atoms with Gasteiger partial charge in [-0.25, -0.2) is 0 Å². The predicted octanol–water partition coefficient (Wildman–Crippen LogP) is 2.81.